The van der Waals surface area contributed by atoms with E-state index >= 15 is 0 Å². The van der Waals surface area contributed by atoms with E-state index in [0.717, 1.165) is 33.8 Å². The largest absolute Gasteiger partial charge is 0.316 e. The molecule has 0 spiro atoms. The first-order chi connectivity index (χ1) is 13.8. The summed E-state index contributed by atoms with van der Waals surface area (Å²) in [4.78, 5) is 12.2. The predicted octanol–water partition coefficient (Wildman–Crippen LogP) is 5.71. The number of hydrogen-bond acceptors (Lipinski definition) is 2. The van der Waals surface area contributed by atoms with Crippen LogP contribution in [0.25, 0.3) is 5.69 Å². The van der Waals surface area contributed by atoms with Gasteiger partial charge in [0.15, 0.2) is 0 Å². The molecular weight excluding hydrogens is 405 g/mol. The van der Waals surface area contributed by atoms with Crippen LogP contribution in [0.3, 0.4) is 0 Å². The van der Waals surface area contributed by atoms with Gasteiger partial charge in [0.1, 0.15) is 0 Å². The Morgan fingerprint density at radius 2 is 1.83 bits per heavy atom. The van der Waals surface area contributed by atoms with Gasteiger partial charge in [-0.1, -0.05) is 47.0 Å². The second kappa shape index (κ2) is 8.85. The fraction of sp³-hybridized carbons (Fsp3) is 0.217. The van der Waals surface area contributed by atoms with E-state index in [1.165, 1.54) is 5.56 Å². The van der Waals surface area contributed by atoms with Crippen molar-refractivity contribution < 1.29 is 4.79 Å². The summed E-state index contributed by atoms with van der Waals surface area (Å²) in [5, 5.41) is 5.37. The second-order valence-corrected chi connectivity index (χ2v) is 8.00. The summed E-state index contributed by atoms with van der Waals surface area (Å²) in [6, 6.07) is 13.4. The Bertz CT molecular complexity index is 1100. The van der Waals surface area contributed by atoms with Gasteiger partial charge in [0.05, 0.1) is 23.3 Å². The zero-order chi connectivity index (χ0) is 21.1. The lowest BCUT2D eigenvalue weighted by molar-refractivity contribution is -0.120. The van der Waals surface area contributed by atoms with Crippen molar-refractivity contribution in [3.63, 3.8) is 0 Å². The summed E-state index contributed by atoms with van der Waals surface area (Å²) in [6.45, 7) is 8.01. The minimum absolute atomic E-state index is 0.153. The van der Waals surface area contributed by atoms with Gasteiger partial charge < -0.3 is 4.57 Å². The van der Waals surface area contributed by atoms with Gasteiger partial charge >= 0.3 is 0 Å². The number of rotatable bonds is 5. The minimum atomic E-state index is -0.153. The number of benzene rings is 2. The van der Waals surface area contributed by atoms with E-state index in [1.807, 2.05) is 56.5 Å². The van der Waals surface area contributed by atoms with Crippen LogP contribution in [0, 0.1) is 27.7 Å². The Kier molecular flexibility index (Phi) is 6.46. The molecule has 0 fully saturated rings. The zero-order valence-electron chi connectivity index (χ0n) is 16.9. The van der Waals surface area contributed by atoms with Crippen LogP contribution in [-0.2, 0) is 11.2 Å². The van der Waals surface area contributed by atoms with E-state index in [-0.39, 0.29) is 5.91 Å². The van der Waals surface area contributed by atoms with Crippen molar-refractivity contribution in [1.29, 1.82) is 0 Å². The van der Waals surface area contributed by atoms with E-state index < -0.39 is 0 Å². The molecule has 0 bridgehead atoms. The molecular formula is C23H23Cl2N3O. The zero-order valence-corrected chi connectivity index (χ0v) is 18.4. The molecule has 0 atom stereocenters. The molecule has 3 aromatic rings. The molecule has 3 rings (SSSR count). The molecule has 1 heterocycles. The second-order valence-electron chi connectivity index (χ2n) is 7.16. The lowest BCUT2D eigenvalue weighted by atomic mass is 10.0. The van der Waals surface area contributed by atoms with Crippen LogP contribution >= 0.6 is 23.2 Å². The molecule has 0 saturated carbocycles. The topological polar surface area (TPSA) is 46.4 Å². The molecule has 0 aliphatic heterocycles. The SMILES string of the molecule is Cc1ccc(CC(=O)N/N=C/c2cc(C)n(-c3cc(Cl)ccc3Cl)c2C)c(C)c1. The molecule has 29 heavy (non-hydrogen) atoms. The maximum Gasteiger partial charge on any atom is 0.244 e. The average Bonchev–Trinajstić information content (AvgIpc) is 2.93. The maximum atomic E-state index is 12.2. The van der Waals surface area contributed by atoms with E-state index in [2.05, 4.69) is 16.6 Å². The number of amides is 1. The summed E-state index contributed by atoms with van der Waals surface area (Å²) in [5.41, 5.74) is 9.55. The van der Waals surface area contributed by atoms with Gasteiger partial charge in [-0.05, 0) is 63.1 Å². The number of aryl methyl sites for hydroxylation is 3. The quantitative estimate of drug-likeness (QED) is 0.411. The number of carbonyl (C=O) groups excluding carboxylic acids is 1. The van der Waals surface area contributed by atoms with Gasteiger partial charge in [-0.3, -0.25) is 4.79 Å². The first-order valence-electron chi connectivity index (χ1n) is 9.28. The van der Waals surface area contributed by atoms with E-state index in [1.54, 1.807) is 18.3 Å². The Morgan fingerprint density at radius 1 is 1.07 bits per heavy atom. The highest BCUT2D eigenvalue weighted by atomic mass is 35.5. The van der Waals surface area contributed by atoms with Gasteiger partial charge in [0.25, 0.3) is 0 Å². The molecule has 1 amide bonds. The average molecular weight is 428 g/mol. The molecule has 2 aromatic carbocycles. The van der Waals surface area contributed by atoms with E-state index in [4.69, 9.17) is 23.2 Å². The summed E-state index contributed by atoms with van der Waals surface area (Å²) in [6.07, 6.45) is 1.94. The van der Waals surface area contributed by atoms with Gasteiger partial charge in [-0.25, -0.2) is 5.43 Å². The number of aromatic nitrogens is 1. The lowest BCUT2D eigenvalue weighted by Gasteiger charge is -2.12. The monoisotopic (exact) mass is 427 g/mol. The molecule has 6 heteroatoms. The highest BCUT2D eigenvalue weighted by Gasteiger charge is 2.13. The summed E-state index contributed by atoms with van der Waals surface area (Å²) >= 11 is 12.5. The van der Waals surface area contributed by atoms with Gasteiger partial charge in [-0.2, -0.15) is 5.10 Å². The Hall–Kier alpha value is -2.56. The molecule has 1 N–H and O–H groups in total. The van der Waals surface area contributed by atoms with Crippen LogP contribution in [0.4, 0.5) is 0 Å². The number of carbonyl (C=O) groups is 1. The molecule has 0 aliphatic carbocycles. The van der Waals surface area contributed by atoms with Crippen LogP contribution in [0.5, 0.6) is 0 Å². The summed E-state index contributed by atoms with van der Waals surface area (Å²) < 4.78 is 2.02. The maximum absolute atomic E-state index is 12.2. The predicted molar refractivity (Wildman–Crippen MR) is 121 cm³/mol. The number of nitrogens with zero attached hydrogens (tertiary/aromatic N) is 2. The molecule has 0 radical (unpaired) electrons. The van der Waals surface area contributed by atoms with Crippen molar-refractivity contribution in [3.05, 3.63) is 86.2 Å². The number of hydrazone groups is 1. The number of nitrogens with one attached hydrogen (secondary N) is 1. The molecule has 4 nitrogen and oxygen atoms in total. The Balaban J connectivity index is 1.74. The normalized spacial score (nSPS) is 11.2. The third kappa shape index (κ3) is 4.89. The third-order valence-electron chi connectivity index (χ3n) is 4.86. The van der Waals surface area contributed by atoms with Crippen LogP contribution in [-0.4, -0.2) is 16.7 Å². The molecule has 1 aromatic heterocycles. The van der Waals surface area contributed by atoms with Crippen molar-refractivity contribution in [3.8, 4) is 5.69 Å². The summed E-state index contributed by atoms with van der Waals surface area (Å²) in [7, 11) is 0. The van der Waals surface area contributed by atoms with Crippen LogP contribution in [0.15, 0.2) is 47.6 Å². The molecule has 0 aliphatic rings. The fourth-order valence-corrected chi connectivity index (χ4v) is 3.75. The number of hydrogen-bond donors (Lipinski definition) is 1. The number of halogens is 2. The van der Waals surface area contributed by atoms with Gasteiger partial charge in [-0.15, -0.1) is 0 Å². The lowest BCUT2D eigenvalue weighted by Crippen LogP contribution is -2.20. The van der Waals surface area contributed by atoms with Crippen LogP contribution in [0.2, 0.25) is 10.0 Å². The standard InChI is InChI=1S/C23H23Cl2N3O/c1-14-5-6-18(15(2)9-14)11-23(29)27-26-13-19-10-16(3)28(17(19)4)22-12-20(24)7-8-21(22)25/h5-10,12-13H,11H2,1-4H3,(H,27,29)/b26-13+. The smallest absolute Gasteiger partial charge is 0.244 e. The molecule has 0 saturated heterocycles. The van der Waals surface area contributed by atoms with E-state index in [0.29, 0.717) is 16.5 Å². The summed E-state index contributed by atoms with van der Waals surface area (Å²) in [5.74, 6) is -0.153. The third-order valence-corrected chi connectivity index (χ3v) is 5.42. The van der Waals surface area contributed by atoms with E-state index in [9.17, 15) is 4.79 Å². The van der Waals surface area contributed by atoms with Gasteiger partial charge in [0.2, 0.25) is 5.91 Å². The Labute approximate surface area is 181 Å². The van der Waals surface area contributed by atoms with Crippen LogP contribution in [0.1, 0.15) is 33.6 Å². The highest BCUT2D eigenvalue weighted by molar-refractivity contribution is 6.34. The van der Waals surface area contributed by atoms with Crippen molar-refractivity contribution in [2.75, 3.05) is 0 Å². The van der Waals surface area contributed by atoms with Gasteiger partial charge in [0, 0.05) is 22.0 Å². The highest BCUT2D eigenvalue weighted by Crippen LogP contribution is 2.28. The Morgan fingerprint density at radius 3 is 2.55 bits per heavy atom. The van der Waals surface area contributed by atoms with Crippen molar-refractivity contribution in [1.82, 2.24) is 9.99 Å². The van der Waals surface area contributed by atoms with Crippen molar-refractivity contribution in [2.45, 2.75) is 34.1 Å². The first kappa shape index (κ1) is 21.2. The van der Waals surface area contributed by atoms with Crippen molar-refractivity contribution >= 4 is 35.3 Å². The molecule has 0 unspecified atom stereocenters. The molecule has 150 valence electrons. The fourth-order valence-electron chi connectivity index (χ4n) is 3.38. The minimum Gasteiger partial charge on any atom is -0.316 e. The first-order valence-corrected chi connectivity index (χ1v) is 10.0. The van der Waals surface area contributed by atoms with Crippen LogP contribution < -0.4 is 5.43 Å². The van der Waals surface area contributed by atoms with Crippen molar-refractivity contribution in [2.24, 2.45) is 5.10 Å².